The highest BCUT2D eigenvalue weighted by Crippen LogP contribution is 2.21. The molecule has 166 valence electrons. The van der Waals surface area contributed by atoms with Gasteiger partial charge in [-0.2, -0.15) is 10.3 Å². The Morgan fingerprint density at radius 3 is 2.73 bits per heavy atom. The third-order valence-corrected chi connectivity index (χ3v) is 5.81. The molecule has 0 atom stereocenters. The van der Waals surface area contributed by atoms with Gasteiger partial charge in [-0.15, -0.1) is 0 Å². The van der Waals surface area contributed by atoms with E-state index in [1.165, 1.54) is 22.6 Å². The van der Waals surface area contributed by atoms with Crippen molar-refractivity contribution < 1.29 is 4.79 Å². The van der Waals surface area contributed by atoms with E-state index in [0.29, 0.717) is 22.9 Å². The van der Waals surface area contributed by atoms with E-state index in [-0.39, 0.29) is 32.6 Å². The van der Waals surface area contributed by atoms with Gasteiger partial charge in [0.1, 0.15) is 17.4 Å². The predicted molar refractivity (Wildman–Crippen MR) is 128 cm³/mol. The van der Waals surface area contributed by atoms with Gasteiger partial charge >= 0.3 is 0 Å². The average molecular weight is 480 g/mol. The first-order chi connectivity index (χ1) is 15.9. The van der Waals surface area contributed by atoms with Gasteiger partial charge in [0, 0.05) is 17.8 Å². The summed E-state index contributed by atoms with van der Waals surface area (Å²) in [6.07, 6.45) is 4.29. The van der Waals surface area contributed by atoms with Crippen LogP contribution in [0.4, 0.5) is 0 Å². The molecule has 0 saturated carbocycles. The topological polar surface area (TPSA) is 92.5 Å². The van der Waals surface area contributed by atoms with Crippen molar-refractivity contribution in [1.29, 1.82) is 5.26 Å². The number of rotatable bonds is 5. The van der Waals surface area contributed by atoms with E-state index in [1.54, 1.807) is 35.0 Å². The molecule has 9 heteroatoms. The molecule has 4 rings (SSSR count). The second-order valence-corrected chi connectivity index (χ2v) is 8.32. The molecule has 0 radical (unpaired) electrons. The molecule has 3 heterocycles. The molecule has 0 aliphatic heterocycles. The van der Waals surface area contributed by atoms with Gasteiger partial charge in [-0.3, -0.25) is 14.0 Å². The predicted octanol–water partition coefficient (Wildman–Crippen LogP) is 4.76. The van der Waals surface area contributed by atoms with Crippen LogP contribution < -0.4 is 11.0 Å². The first kappa shape index (κ1) is 22.7. The minimum absolute atomic E-state index is 0.104. The molecule has 0 spiro atoms. The Morgan fingerprint density at radius 2 is 2.00 bits per heavy atom. The van der Waals surface area contributed by atoms with Crippen LogP contribution in [0.5, 0.6) is 0 Å². The van der Waals surface area contributed by atoms with Gasteiger partial charge in [-0.25, -0.2) is 4.98 Å². The molecule has 0 aliphatic rings. The van der Waals surface area contributed by atoms with Crippen molar-refractivity contribution in [3.05, 3.63) is 85.7 Å². The lowest BCUT2D eigenvalue weighted by molar-refractivity contribution is 0.0997. The fraction of sp³-hybridized carbons (Fsp3) is 0.208. The summed E-state index contributed by atoms with van der Waals surface area (Å²) in [5, 5.41) is 10.7. The first-order valence-electron chi connectivity index (χ1n) is 10.4. The van der Waals surface area contributed by atoms with Gasteiger partial charge in [0.2, 0.25) is 0 Å². The van der Waals surface area contributed by atoms with E-state index in [2.05, 4.69) is 23.0 Å². The van der Waals surface area contributed by atoms with Gasteiger partial charge in [0.05, 0.1) is 21.5 Å². The Balaban J connectivity index is 2.05. The molecule has 0 aliphatic carbocycles. The molecule has 7 nitrogen and oxygen atoms in total. The molecule has 0 unspecified atom stereocenters. The van der Waals surface area contributed by atoms with Crippen LogP contribution in [-0.4, -0.2) is 19.9 Å². The van der Waals surface area contributed by atoms with Gasteiger partial charge in [-0.1, -0.05) is 49.0 Å². The van der Waals surface area contributed by atoms with E-state index < -0.39 is 5.91 Å². The van der Waals surface area contributed by atoms with Crippen LogP contribution in [0.1, 0.15) is 42.1 Å². The number of benzene rings is 1. The number of unbranched alkanes of at least 4 members (excludes halogenated alkanes) is 2. The van der Waals surface area contributed by atoms with Crippen LogP contribution in [-0.2, 0) is 6.54 Å². The molecular formula is C24H19Cl2N5O2. The number of hydrogen-bond acceptors (Lipinski definition) is 4. The minimum atomic E-state index is -0.616. The van der Waals surface area contributed by atoms with Crippen LogP contribution in [0.25, 0.3) is 16.7 Å². The van der Waals surface area contributed by atoms with E-state index in [0.717, 1.165) is 19.3 Å². The number of aromatic nitrogens is 3. The number of hydrogen-bond donors (Lipinski definition) is 0. The highest BCUT2D eigenvalue weighted by molar-refractivity contribution is 6.36. The fourth-order valence-corrected chi connectivity index (χ4v) is 4.12. The Morgan fingerprint density at radius 1 is 1.18 bits per heavy atom. The van der Waals surface area contributed by atoms with Crippen molar-refractivity contribution in [2.75, 3.05) is 0 Å². The molecule has 0 bridgehead atoms. The maximum atomic E-state index is 13.1. The number of nitriles is 1. The highest BCUT2D eigenvalue weighted by atomic mass is 35.5. The van der Waals surface area contributed by atoms with Gasteiger partial charge in [-0.05, 0) is 42.8 Å². The monoisotopic (exact) mass is 479 g/mol. The van der Waals surface area contributed by atoms with Crippen LogP contribution in [0.3, 0.4) is 0 Å². The summed E-state index contributed by atoms with van der Waals surface area (Å²) in [5.41, 5.74) is 0.945. The van der Waals surface area contributed by atoms with E-state index in [1.807, 2.05) is 0 Å². The number of fused-ring (bicyclic) bond motifs is 2. The number of halogens is 2. The number of pyridine rings is 2. The van der Waals surface area contributed by atoms with Crippen molar-refractivity contribution in [3.63, 3.8) is 0 Å². The second-order valence-electron chi connectivity index (χ2n) is 7.48. The zero-order valence-electron chi connectivity index (χ0n) is 17.8. The SMILES string of the molecule is CCCCCn1c(=NC(=O)c2ccc(Cl)cc2Cl)c(C#N)cc2c(=O)n3ccccc3nc21. The van der Waals surface area contributed by atoms with Crippen LogP contribution in [0.2, 0.25) is 10.0 Å². The molecular weight excluding hydrogens is 461 g/mol. The first-order valence-corrected chi connectivity index (χ1v) is 11.2. The van der Waals surface area contributed by atoms with Crippen molar-refractivity contribution >= 4 is 45.8 Å². The normalized spacial score (nSPS) is 11.8. The zero-order chi connectivity index (χ0) is 23.5. The van der Waals surface area contributed by atoms with Gasteiger partial charge in [0.25, 0.3) is 11.5 Å². The zero-order valence-corrected chi connectivity index (χ0v) is 19.3. The lowest BCUT2D eigenvalue weighted by Crippen LogP contribution is -2.29. The largest absolute Gasteiger partial charge is 0.309 e. The number of amides is 1. The molecule has 3 aromatic heterocycles. The fourth-order valence-electron chi connectivity index (χ4n) is 3.63. The number of carbonyl (C=O) groups is 1. The summed E-state index contributed by atoms with van der Waals surface area (Å²) in [6, 6.07) is 13.3. The summed E-state index contributed by atoms with van der Waals surface area (Å²) in [6.45, 7) is 2.51. The standard InChI is InChI=1S/C24H19Cl2N5O2/c1-2-3-5-11-31-21(29-23(32)17-9-8-16(25)13-19(17)26)15(14-27)12-18-22(31)28-20-7-4-6-10-30(20)24(18)33/h4,6-10,12-13H,2-3,5,11H2,1H3. The molecule has 0 fully saturated rings. The smallest absolute Gasteiger partial charge is 0.280 e. The lowest BCUT2D eigenvalue weighted by Gasteiger charge is -2.13. The van der Waals surface area contributed by atoms with Gasteiger partial charge < -0.3 is 4.57 Å². The van der Waals surface area contributed by atoms with Crippen molar-refractivity contribution in [3.8, 4) is 6.07 Å². The Labute approximate surface area is 199 Å². The second kappa shape index (κ2) is 9.57. The summed E-state index contributed by atoms with van der Waals surface area (Å²) >= 11 is 12.1. The summed E-state index contributed by atoms with van der Waals surface area (Å²) in [7, 11) is 0. The van der Waals surface area contributed by atoms with E-state index in [4.69, 9.17) is 23.2 Å². The third-order valence-electron chi connectivity index (χ3n) is 5.26. The van der Waals surface area contributed by atoms with E-state index in [9.17, 15) is 14.9 Å². The van der Waals surface area contributed by atoms with Crippen LogP contribution in [0, 0.1) is 11.3 Å². The minimum Gasteiger partial charge on any atom is -0.309 e. The maximum Gasteiger partial charge on any atom is 0.280 e. The Kier molecular flexibility index (Phi) is 6.59. The van der Waals surface area contributed by atoms with Crippen LogP contribution >= 0.6 is 23.2 Å². The van der Waals surface area contributed by atoms with Crippen molar-refractivity contribution in [1.82, 2.24) is 14.0 Å². The molecule has 0 saturated heterocycles. The molecule has 0 N–H and O–H groups in total. The number of aryl methyl sites for hydroxylation is 1. The number of nitrogens with zero attached hydrogens (tertiary/aromatic N) is 5. The number of carbonyl (C=O) groups excluding carboxylic acids is 1. The summed E-state index contributed by atoms with van der Waals surface area (Å²) in [5.74, 6) is -0.616. The lowest BCUT2D eigenvalue weighted by atomic mass is 10.2. The molecule has 1 aromatic carbocycles. The molecule has 1 amide bonds. The molecule has 4 aromatic rings. The van der Waals surface area contributed by atoms with Crippen molar-refractivity contribution in [2.24, 2.45) is 4.99 Å². The summed E-state index contributed by atoms with van der Waals surface area (Å²) in [4.78, 5) is 35.1. The van der Waals surface area contributed by atoms with Crippen molar-refractivity contribution in [2.45, 2.75) is 32.7 Å². The third kappa shape index (κ3) is 4.40. The average Bonchev–Trinajstić information content (AvgIpc) is 2.80. The van der Waals surface area contributed by atoms with Gasteiger partial charge in [0.15, 0.2) is 5.49 Å². The van der Waals surface area contributed by atoms with E-state index >= 15 is 0 Å². The quantitative estimate of drug-likeness (QED) is 0.304. The highest BCUT2D eigenvalue weighted by Gasteiger charge is 2.16. The van der Waals surface area contributed by atoms with Crippen LogP contribution in [0.15, 0.2) is 58.4 Å². The Hall–Kier alpha value is -3.47. The maximum absolute atomic E-state index is 13.1. The summed E-state index contributed by atoms with van der Waals surface area (Å²) < 4.78 is 3.11. The Bertz CT molecular complexity index is 1560. The molecule has 33 heavy (non-hydrogen) atoms.